The van der Waals surface area contributed by atoms with Crippen LogP contribution in [0.3, 0.4) is 0 Å². The van der Waals surface area contributed by atoms with E-state index in [4.69, 9.17) is 0 Å². The molecular weight excluding hydrogens is 240 g/mol. The highest BCUT2D eigenvalue weighted by Crippen LogP contribution is 2.25. The number of rotatable bonds is 5. The fourth-order valence-corrected chi connectivity index (χ4v) is 2.60. The molecule has 1 fully saturated rings. The Hall–Kier alpha value is -1.10. The van der Waals surface area contributed by atoms with Crippen LogP contribution in [0.1, 0.15) is 30.9 Å². The first-order chi connectivity index (χ1) is 9.22. The number of likely N-dealkylation sites (N-methyl/N-ethyl adjacent to an activating group) is 1. The number of piperidine rings is 1. The van der Waals surface area contributed by atoms with Gasteiger partial charge < -0.3 is 20.4 Å². The van der Waals surface area contributed by atoms with Crippen LogP contribution in [0.2, 0.25) is 0 Å². The van der Waals surface area contributed by atoms with E-state index in [2.05, 4.69) is 16.3 Å². The molecule has 1 saturated heterocycles. The van der Waals surface area contributed by atoms with Crippen LogP contribution in [-0.4, -0.2) is 43.0 Å². The average Bonchev–Trinajstić information content (AvgIpc) is 2.48. The van der Waals surface area contributed by atoms with Crippen molar-refractivity contribution < 1.29 is 10.2 Å². The van der Waals surface area contributed by atoms with Crippen LogP contribution in [0.4, 0.5) is 5.69 Å². The van der Waals surface area contributed by atoms with Gasteiger partial charge in [-0.1, -0.05) is 12.1 Å². The molecule has 1 aliphatic heterocycles. The highest BCUT2D eigenvalue weighted by Gasteiger charge is 2.19. The van der Waals surface area contributed by atoms with E-state index in [9.17, 15) is 10.2 Å². The van der Waals surface area contributed by atoms with Gasteiger partial charge in [-0.2, -0.15) is 0 Å². The second-order valence-electron chi connectivity index (χ2n) is 5.21. The third-order valence-corrected chi connectivity index (χ3v) is 3.71. The molecule has 1 aliphatic rings. The molecule has 0 amide bonds. The summed E-state index contributed by atoms with van der Waals surface area (Å²) in [5.74, 6) is 0. The summed E-state index contributed by atoms with van der Waals surface area (Å²) in [6.07, 6.45) is 2.16. The minimum atomic E-state index is -0.836. The first-order valence-electron chi connectivity index (χ1n) is 7.08. The lowest BCUT2D eigenvalue weighted by Crippen LogP contribution is -2.31. The Morgan fingerprint density at radius 3 is 2.63 bits per heavy atom. The molecule has 1 aromatic rings. The molecule has 0 radical (unpaired) electrons. The molecule has 1 aromatic carbocycles. The average molecular weight is 264 g/mol. The SMILES string of the molecule is CNCC(O)C(O)c1cccc(N2CCCCC2)c1. The van der Waals surface area contributed by atoms with Crippen molar-refractivity contribution in [3.05, 3.63) is 29.8 Å². The fraction of sp³-hybridized carbons (Fsp3) is 0.600. The molecule has 4 heteroatoms. The van der Waals surface area contributed by atoms with Crippen molar-refractivity contribution in [1.82, 2.24) is 5.32 Å². The van der Waals surface area contributed by atoms with Gasteiger partial charge in [-0.15, -0.1) is 0 Å². The van der Waals surface area contributed by atoms with E-state index < -0.39 is 12.2 Å². The summed E-state index contributed by atoms with van der Waals surface area (Å²) in [6, 6.07) is 7.90. The minimum absolute atomic E-state index is 0.384. The fourth-order valence-electron chi connectivity index (χ4n) is 2.60. The minimum Gasteiger partial charge on any atom is -0.389 e. The van der Waals surface area contributed by atoms with Gasteiger partial charge in [0, 0.05) is 25.3 Å². The topological polar surface area (TPSA) is 55.7 Å². The second kappa shape index (κ2) is 6.89. The molecule has 1 heterocycles. The van der Waals surface area contributed by atoms with Crippen molar-refractivity contribution in [2.75, 3.05) is 31.6 Å². The number of nitrogens with one attached hydrogen (secondary N) is 1. The summed E-state index contributed by atoms with van der Waals surface area (Å²) >= 11 is 0. The Kier molecular flexibility index (Phi) is 5.19. The molecule has 2 atom stereocenters. The normalized spacial score (nSPS) is 19.2. The zero-order valence-electron chi connectivity index (χ0n) is 11.5. The maximum atomic E-state index is 10.1. The van der Waals surface area contributed by atoms with E-state index >= 15 is 0 Å². The molecule has 0 aliphatic carbocycles. The van der Waals surface area contributed by atoms with Crippen molar-refractivity contribution in [3.63, 3.8) is 0 Å². The van der Waals surface area contributed by atoms with Crippen molar-refractivity contribution in [2.45, 2.75) is 31.5 Å². The Bertz CT molecular complexity index is 391. The van der Waals surface area contributed by atoms with Crippen molar-refractivity contribution >= 4 is 5.69 Å². The third-order valence-electron chi connectivity index (χ3n) is 3.71. The zero-order chi connectivity index (χ0) is 13.7. The van der Waals surface area contributed by atoms with Crippen LogP contribution in [0.25, 0.3) is 0 Å². The second-order valence-corrected chi connectivity index (χ2v) is 5.21. The molecule has 106 valence electrons. The van der Waals surface area contributed by atoms with Gasteiger partial charge in [-0.05, 0) is 44.0 Å². The third kappa shape index (κ3) is 3.69. The number of benzene rings is 1. The van der Waals surface area contributed by atoms with Gasteiger partial charge in [-0.3, -0.25) is 0 Å². The summed E-state index contributed by atoms with van der Waals surface area (Å²) in [4.78, 5) is 2.35. The smallest absolute Gasteiger partial charge is 0.106 e. The molecule has 0 spiro atoms. The van der Waals surface area contributed by atoms with Gasteiger partial charge in [0.1, 0.15) is 6.10 Å². The van der Waals surface area contributed by atoms with Crippen LogP contribution in [0.5, 0.6) is 0 Å². The number of anilines is 1. The Morgan fingerprint density at radius 2 is 1.95 bits per heavy atom. The van der Waals surface area contributed by atoms with Gasteiger partial charge >= 0.3 is 0 Å². The van der Waals surface area contributed by atoms with Gasteiger partial charge in [0.25, 0.3) is 0 Å². The van der Waals surface area contributed by atoms with Crippen LogP contribution in [0, 0.1) is 0 Å². The van der Waals surface area contributed by atoms with Crippen LogP contribution < -0.4 is 10.2 Å². The summed E-state index contributed by atoms with van der Waals surface area (Å²) in [6.45, 7) is 2.55. The molecule has 2 rings (SSSR count). The standard InChI is InChI=1S/C15H24N2O2/c1-16-11-14(18)15(19)12-6-5-7-13(10-12)17-8-3-2-4-9-17/h5-7,10,14-16,18-19H,2-4,8-9,11H2,1H3. The summed E-state index contributed by atoms with van der Waals surface area (Å²) in [5.41, 5.74) is 1.93. The highest BCUT2D eigenvalue weighted by molar-refractivity contribution is 5.49. The molecule has 0 bridgehead atoms. The largest absolute Gasteiger partial charge is 0.389 e. The predicted molar refractivity (Wildman–Crippen MR) is 77.4 cm³/mol. The first-order valence-corrected chi connectivity index (χ1v) is 7.08. The summed E-state index contributed by atoms with van der Waals surface area (Å²) in [5, 5.41) is 22.9. The molecule has 19 heavy (non-hydrogen) atoms. The maximum absolute atomic E-state index is 10.1. The lowest BCUT2D eigenvalue weighted by Gasteiger charge is -2.29. The van der Waals surface area contributed by atoms with Crippen LogP contribution >= 0.6 is 0 Å². The number of nitrogens with zero attached hydrogens (tertiary/aromatic N) is 1. The quantitative estimate of drug-likeness (QED) is 0.750. The Labute approximate surface area is 115 Å². The molecule has 0 aromatic heterocycles. The van der Waals surface area contributed by atoms with Gasteiger partial charge in [0.15, 0.2) is 0 Å². The van der Waals surface area contributed by atoms with E-state index in [1.807, 2.05) is 18.2 Å². The Balaban J connectivity index is 2.09. The molecular formula is C15H24N2O2. The highest BCUT2D eigenvalue weighted by atomic mass is 16.3. The Morgan fingerprint density at radius 1 is 1.21 bits per heavy atom. The van der Waals surface area contributed by atoms with E-state index in [1.54, 1.807) is 7.05 Å². The van der Waals surface area contributed by atoms with Gasteiger partial charge in [-0.25, -0.2) is 0 Å². The summed E-state index contributed by atoms with van der Waals surface area (Å²) < 4.78 is 0. The lowest BCUT2D eigenvalue weighted by atomic mass is 10.0. The van der Waals surface area contributed by atoms with Crippen molar-refractivity contribution in [3.8, 4) is 0 Å². The van der Waals surface area contributed by atoms with Crippen LogP contribution in [0.15, 0.2) is 24.3 Å². The molecule has 4 nitrogen and oxygen atoms in total. The zero-order valence-corrected chi connectivity index (χ0v) is 11.5. The van der Waals surface area contributed by atoms with E-state index in [-0.39, 0.29) is 0 Å². The van der Waals surface area contributed by atoms with E-state index in [0.717, 1.165) is 24.3 Å². The first kappa shape index (κ1) is 14.3. The number of hydrogen-bond acceptors (Lipinski definition) is 4. The predicted octanol–water partition coefficient (Wildman–Crippen LogP) is 1.29. The van der Waals surface area contributed by atoms with E-state index in [1.165, 1.54) is 19.3 Å². The molecule has 3 N–H and O–H groups in total. The van der Waals surface area contributed by atoms with Crippen molar-refractivity contribution in [1.29, 1.82) is 0 Å². The van der Waals surface area contributed by atoms with Crippen molar-refractivity contribution in [2.24, 2.45) is 0 Å². The van der Waals surface area contributed by atoms with Crippen LogP contribution in [-0.2, 0) is 0 Å². The lowest BCUT2D eigenvalue weighted by molar-refractivity contribution is 0.0202. The van der Waals surface area contributed by atoms with Gasteiger partial charge in [0.2, 0.25) is 0 Å². The number of aliphatic hydroxyl groups excluding tert-OH is 2. The summed E-state index contributed by atoms with van der Waals surface area (Å²) in [7, 11) is 1.76. The monoisotopic (exact) mass is 264 g/mol. The van der Waals surface area contributed by atoms with Gasteiger partial charge in [0.05, 0.1) is 6.10 Å². The molecule has 0 saturated carbocycles. The number of aliphatic hydroxyl groups is 2. The number of hydrogen-bond donors (Lipinski definition) is 3. The van der Waals surface area contributed by atoms with E-state index in [0.29, 0.717) is 6.54 Å². The maximum Gasteiger partial charge on any atom is 0.106 e. The molecule has 2 unspecified atom stereocenters.